The van der Waals surface area contributed by atoms with Gasteiger partial charge < -0.3 is 4.90 Å². The smallest absolute Gasteiger partial charge is 0.273 e. The number of nitrogens with zero attached hydrogens (tertiary/aromatic N) is 3. The van der Waals surface area contributed by atoms with Crippen molar-refractivity contribution in [1.82, 2.24) is 14.8 Å². The quantitative estimate of drug-likeness (QED) is 0.681. The maximum atomic E-state index is 13.3. The highest BCUT2D eigenvalue weighted by molar-refractivity contribution is 7.14. The van der Waals surface area contributed by atoms with Gasteiger partial charge in [-0.05, 0) is 23.8 Å². The summed E-state index contributed by atoms with van der Waals surface area (Å²) in [5.41, 5.74) is 1.77. The number of benzene rings is 2. The molecular formula is C22H21FN4O2S. The number of carbonyl (C=O) groups excluding carboxylic acids is 2. The van der Waals surface area contributed by atoms with Gasteiger partial charge in [-0.15, -0.1) is 11.3 Å². The lowest BCUT2D eigenvalue weighted by molar-refractivity contribution is 0.0623. The second-order valence-corrected chi connectivity index (χ2v) is 7.91. The first-order chi connectivity index (χ1) is 14.6. The molecule has 6 nitrogen and oxygen atoms in total. The molecule has 0 atom stereocenters. The van der Waals surface area contributed by atoms with Crippen LogP contribution in [0.25, 0.3) is 0 Å². The third-order valence-corrected chi connectivity index (χ3v) is 5.70. The summed E-state index contributed by atoms with van der Waals surface area (Å²) in [6.07, 6.45) is 0. The zero-order valence-corrected chi connectivity index (χ0v) is 17.1. The molecule has 1 saturated heterocycles. The molecule has 154 valence electrons. The molecule has 4 rings (SSSR count). The minimum Gasteiger partial charge on any atom is -0.335 e. The van der Waals surface area contributed by atoms with Crippen LogP contribution in [-0.2, 0) is 6.54 Å². The van der Waals surface area contributed by atoms with E-state index in [9.17, 15) is 14.0 Å². The molecule has 30 heavy (non-hydrogen) atoms. The fourth-order valence-corrected chi connectivity index (χ4v) is 4.02. The van der Waals surface area contributed by atoms with Gasteiger partial charge in [0.25, 0.3) is 11.8 Å². The Labute approximate surface area is 178 Å². The van der Waals surface area contributed by atoms with Crippen molar-refractivity contribution < 1.29 is 14.0 Å². The molecule has 2 heterocycles. The van der Waals surface area contributed by atoms with E-state index >= 15 is 0 Å². The Morgan fingerprint density at radius 2 is 1.80 bits per heavy atom. The number of carbonyl (C=O) groups is 2. The standard InChI is InChI=1S/C22H21FN4O2S/c23-18-8-4-7-17(13-18)20(28)25-22-24-19(15-30-22)21(29)27-11-9-26(10-12-27)14-16-5-2-1-3-6-16/h1-8,13,15H,9-12,14H2,(H,24,25,28). The summed E-state index contributed by atoms with van der Waals surface area (Å²) in [4.78, 5) is 33.3. The van der Waals surface area contributed by atoms with Gasteiger partial charge in [0.15, 0.2) is 5.13 Å². The van der Waals surface area contributed by atoms with Crippen LogP contribution in [0.3, 0.4) is 0 Å². The molecular weight excluding hydrogens is 403 g/mol. The lowest BCUT2D eigenvalue weighted by atomic mass is 10.2. The topological polar surface area (TPSA) is 65.5 Å². The van der Waals surface area contributed by atoms with Crippen molar-refractivity contribution in [2.75, 3.05) is 31.5 Å². The summed E-state index contributed by atoms with van der Waals surface area (Å²) < 4.78 is 13.3. The van der Waals surface area contributed by atoms with Gasteiger partial charge in [-0.25, -0.2) is 9.37 Å². The monoisotopic (exact) mass is 424 g/mol. The van der Waals surface area contributed by atoms with Gasteiger partial charge in [-0.3, -0.25) is 19.8 Å². The molecule has 1 fully saturated rings. The molecule has 0 unspecified atom stereocenters. The molecule has 1 aliphatic rings. The molecule has 1 aliphatic heterocycles. The number of thiazole rings is 1. The molecule has 3 aromatic rings. The van der Waals surface area contributed by atoms with E-state index in [1.54, 1.807) is 10.3 Å². The van der Waals surface area contributed by atoms with Crippen molar-refractivity contribution in [3.05, 3.63) is 82.6 Å². The van der Waals surface area contributed by atoms with Crippen molar-refractivity contribution >= 4 is 28.3 Å². The van der Waals surface area contributed by atoms with E-state index in [2.05, 4.69) is 27.3 Å². The van der Waals surface area contributed by atoms with Crippen molar-refractivity contribution in [1.29, 1.82) is 0 Å². The highest BCUT2D eigenvalue weighted by Gasteiger charge is 2.24. The Morgan fingerprint density at radius 3 is 2.53 bits per heavy atom. The second-order valence-electron chi connectivity index (χ2n) is 7.06. The molecule has 2 amide bonds. The van der Waals surface area contributed by atoms with E-state index in [4.69, 9.17) is 0 Å². The number of hydrogen-bond donors (Lipinski definition) is 1. The van der Waals surface area contributed by atoms with Gasteiger partial charge in [0.05, 0.1) is 0 Å². The van der Waals surface area contributed by atoms with Crippen LogP contribution in [0.15, 0.2) is 60.0 Å². The van der Waals surface area contributed by atoms with Crippen LogP contribution in [0, 0.1) is 5.82 Å². The van der Waals surface area contributed by atoms with Gasteiger partial charge in [0.1, 0.15) is 11.5 Å². The van der Waals surface area contributed by atoms with Gasteiger partial charge in [0.2, 0.25) is 0 Å². The highest BCUT2D eigenvalue weighted by Crippen LogP contribution is 2.19. The minimum atomic E-state index is -0.482. The molecule has 0 bridgehead atoms. The van der Waals surface area contributed by atoms with Crippen molar-refractivity contribution in [3.63, 3.8) is 0 Å². The summed E-state index contributed by atoms with van der Waals surface area (Å²) in [5.74, 6) is -1.08. The van der Waals surface area contributed by atoms with Crippen LogP contribution in [0.4, 0.5) is 9.52 Å². The van der Waals surface area contributed by atoms with Gasteiger partial charge in [0, 0.05) is 43.7 Å². The predicted molar refractivity (Wildman–Crippen MR) is 114 cm³/mol. The van der Waals surface area contributed by atoms with E-state index in [-0.39, 0.29) is 11.5 Å². The van der Waals surface area contributed by atoms with Crippen LogP contribution in [0.2, 0.25) is 0 Å². The molecule has 8 heteroatoms. The van der Waals surface area contributed by atoms with Crippen molar-refractivity contribution in [3.8, 4) is 0 Å². The third-order valence-electron chi connectivity index (χ3n) is 4.94. The Bertz CT molecular complexity index is 1030. The average molecular weight is 425 g/mol. The Hall–Kier alpha value is -3.10. The largest absolute Gasteiger partial charge is 0.335 e. The Morgan fingerprint density at radius 1 is 1.03 bits per heavy atom. The van der Waals surface area contributed by atoms with Gasteiger partial charge in [-0.1, -0.05) is 36.4 Å². The van der Waals surface area contributed by atoms with E-state index in [1.165, 1.54) is 35.1 Å². The van der Waals surface area contributed by atoms with Gasteiger partial charge >= 0.3 is 0 Å². The maximum absolute atomic E-state index is 13.3. The summed E-state index contributed by atoms with van der Waals surface area (Å²) in [7, 11) is 0. The van der Waals surface area contributed by atoms with Crippen LogP contribution in [-0.4, -0.2) is 52.8 Å². The first-order valence-corrected chi connectivity index (χ1v) is 10.5. The first-order valence-electron chi connectivity index (χ1n) is 9.66. The number of halogens is 1. The normalized spacial score (nSPS) is 14.5. The molecule has 0 spiro atoms. The number of nitrogens with one attached hydrogen (secondary N) is 1. The number of anilines is 1. The van der Waals surface area contributed by atoms with E-state index < -0.39 is 11.7 Å². The fourth-order valence-electron chi connectivity index (χ4n) is 3.34. The molecule has 1 aromatic heterocycles. The summed E-state index contributed by atoms with van der Waals surface area (Å²) in [5, 5.41) is 4.57. The minimum absolute atomic E-state index is 0.142. The molecule has 0 saturated carbocycles. The number of aromatic nitrogens is 1. The number of rotatable bonds is 5. The van der Waals surface area contributed by atoms with Crippen LogP contribution in [0.5, 0.6) is 0 Å². The third kappa shape index (κ3) is 4.90. The second kappa shape index (κ2) is 9.15. The number of piperazine rings is 1. The molecule has 2 aromatic carbocycles. The summed E-state index contributed by atoms with van der Waals surface area (Å²) in [6.45, 7) is 3.74. The molecule has 1 N–H and O–H groups in total. The van der Waals surface area contributed by atoms with E-state index in [1.807, 2.05) is 18.2 Å². The van der Waals surface area contributed by atoms with Gasteiger partial charge in [-0.2, -0.15) is 0 Å². The van der Waals surface area contributed by atoms with Crippen LogP contribution >= 0.6 is 11.3 Å². The molecule has 0 aliphatic carbocycles. The van der Waals surface area contributed by atoms with Crippen LogP contribution < -0.4 is 5.32 Å². The summed E-state index contributed by atoms with van der Waals surface area (Å²) >= 11 is 1.18. The SMILES string of the molecule is O=C(Nc1nc(C(=O)N2CCN(Cc3ccccc3)CC2)cs1)c1cccc(F)c1. The molecule has 0 radical (unpaired) electrons. The van der Waals surface area contributed by atoms with Crippen LogP contribution in [0.1, 0.15) is 26.4 Å². The maximum Gasteiger partial charge on any atom is 0.273 e. The van der Waals surface area contributed by atoms with E-state index in [0.29, 0.717) is 23.9 Å². The van der Waals surface area contributed by atoms with E-state index in [0.717, 1.165) is 25.7 Å². The lowest BCUT2D eigenvalue weighted by Gasteiger charge is -2.34. The predicted octanol–water partition coefficient (Wildman–Crippen LogP) is 3.49. The zero-order chi connectivity index (χ0) is 20.9. The fraction of sp³-hybridized carbons (Fsp3) is 0.227. The Balaban J connectivity index is 1.31. The van der Waals surface area contributed by atoms with Crippen molar-refractivity contribution in [2.45, 2.75) is 6.54 Å². The Kier molecular flexibility index (Phi) is 6.15. The lowest BCUT2D eigenvalue weighted by Crippen LogP contribution is -2.48. The average Bonchev–Trinajstić information content (AvgIpc) is 3.23. The summed E-state index contributed by atoms with van der Waals surface area (Å²) in [6, 6.07) is 15.7. The number of amides is 2. The highest BCUT2D eigenvalue weighted by atomic mass is 32.1. The first kappa shape index (κ1) is 20.2. The number of hydrogen-bond acceptors (Lipinski definition) is 5. The van der Waals surface area contributed by atoms with Crippen molar-refractivity contribution in [2.24, 2.45) is 0 Å². The zero-order valence-electron chi connectivity index (χ0n) is 16.3.